The number of halogens is 1. The predicted octanol–water partition coefficient (Wildman–Crippen LogP) is 3.20. The number of methoxy groups -OCH3 is 1. The lowest BCUT2D eigenvalue weighted by molar-refractivity contribution is -0.123. The second-order valence-corrected chi connectivity index (χ2v) is 6.27. The summed E-state index contributed by atoms with van der Waals surface area (Å²) in [6.07, 6.45) is 0.520. The molecule has 0 bridgehead atoms. The third kappa shape index (κ3) is 4.81. The van der Waals surface area contributed by atoms with Crippen LogP contribution in [0.25, 0.3) is 0 Å². The lowest BCUT2D eigenvalue weighted by atomic mass is 10.0. The van der Waals surface area contributed by atoms with Crippen LogP contribution in [0.1, 0.15) is 24.1 Å². The molecule has 2 aromatic carbocycles. The van der Waals surface area contributed by atoms with Gasteiger partial charge in [0.05, 0.1) is 23.7 Å². The Morgan fingerprint density at radius 3 is 2.57 bits per heavy atom. The molecule has 0 spiro atoms. The first kappa shape index (κ1) is 17.5. The van der Waals surface area contributed by atoms with Crippen LogP contribution in [0.2, 0.25) is 0 Å². The molecular formula is C18H21BrN2O2. The van der Waals surface area contributed by atoms with Gasteiger partial charge in [-0.25, -0.2) is 0 Å². The fraction of sp³-hybridized carbons (Fsp3) is 0.278. The van der Waals surface area contributed by atoms with Gasteiger partial charge in [-0.15, -0.1) is 0 Å². The van der Waals surface area contributed by atoms with Crippen LogP contribution in [0.3, 0.4) is 0 Å². The molecule has 1 amide bonds. The van der Waals surface area contributed by atoms with Crippen molar-refractivity contribution >= 4 is 21.8 Å². The first-order valence-electron chi connectivity index (χ1n) is 7.44. The maximum absolute atomic E-state index is 12.3. The summed E-state index contributed by atoms with van der Waals surface area (Å²) >= 11 is 3.45. The van der Waals surface area contributed by atoms with Crippen LogP contribution < -0.4 is 15.8 Å². The SMILES string of the molecule is COc1ccc(C(C)NC(=O)[C@@H](N)Cc2ccccc2)cc1Br. The van der Waals surface area contributed by atoms with Crippen LogP contribution in [0.5, 0.6) is 5.75 Å². The fourth-order valence-corrected chi connectivity index (χ4v) is 2.87. The number of carbonyl (C=O) groups excluding carboxylic acids is 1. The van der Waals surface area contributed by atoms with Crippen molar-refractivity contribution in [1.29, 1.82) is 0 Å². The topological polar surface area (TPSA) is 64.3 Å². The van der Waals surface area contributed by atoms with Gasteiger partial charge < -0.3 is 15.8 Å². The highest BCUT2D eigenvalue weighted by molar-refractivity contribution is 9.10. The van der Waals surface area contributed by atoms with Crippen LogP contribution >= 0.6 is 15.9 Å². The highest BCUT2D eigenvalue weighted by atomic mass is 79.9. The average Bonchev–Trinajstić information content (AvgIpc) is 2.55. The van der Waals surface area contributed by atoms with E-state index in [1.165, 1.54) is 0 Å². The minimum Gasteiger partial charge on any atom is -0.496 e. The average molecular weight is 377 g/mol. The van der Waals surface area contributed by atoms with Crippen molar-refractivity contribution < 1.29 is 9.53 Å². The Hall–Kier alpha value is -1.85. The largest absolute Gasteiger partial charge is 0.496 e. The van der Waals surface area contributed by atoms with Gasteiger partial charge in [0.2, 0.25) is 5.91 Å². The Bertz CT molecular complexity index is 661. The van der Waals surface area contributed by atoms with Crippen LogP contribution in [0, 0.1) is 0 Å². The van der Waals surface area contributed by atoms with Gasteiger partial charge in [0.15, 0.2) is 0 Å². The summed E-state index contributed by atoms with van der Waals surface area (Å²) in [5.74, 6) is 0.598. The third-order valence-corrected chi connectivity index (χ3v) is 4.29. The van der Waals surface area contributed by atoms with Crippen molar-refractivity contribution in [1.82, 2.24) is 5.32 Å². The Labute approximate surface area is 145 Å². The summed E-state index contributed by atoms with van der Waals surface area (Å²) < 4.78 is 6.07. The molecule has 0 heterocycles. The monoisotopic (exact) mass is 376 g/mol. The van der Waals surface area contributed by atoms with Crippen molar-refractivity contribution in [2.75, 3.05) is 7.11 Å². The van der Waals surface area contributed by atoms with Crippen molar-refractivity contribution in [2.24, 2.45) is 5.73 Å². The van der Waals surface area contributed by atoms with Crippen LogP contribution in [0.15, 0.2) is 53.0 Å². The van der Waals surface area contributed by atoms with E-state index < -0.39 is 6.04 Å². The normalized spacial score (nSPS) is 13.2. The number of nitrogens with one attached hydrogen (secondary N) is 1. The molecule has 1 unspecified atom stereocenters. The second kappa shape index (κ2) is 8.13. The molecular weight excluding hydrogens is 356 g/mol. The predicted molar refractivity (Wildman–Crippen MR) is 95.4 cm³/mol. The second-order valence-electron chi connectivity index (χ2n) is 5.42. The first-order valence-corrected chi connectivity index (χ1v) is 8.24. The molecule has 4 nitrogen and oxygen atoms in total. The van der Waals surface area contributed by atoms with E-state index in [1.807, 2.05) is 55.5 Å². The van der Waals surface area contributed by atoms with Gasteiger partial charge in [-0.2, -0.15) is 0 Å². The summed E-state index contributed by atoms with van der Waals surface area (Å²) in [5.41, 5.74) is 8.04. The third-order valence-electron chi connectivity index (χ3n) is 3.67. The number of amides is 1. The van der Waals surface area contributed by atoms with Crippen LogP contribution in [-0.4, -0.2) is 19.1 Å². The summed E-state index contributed by atoms with van der Waals surface area (Å²) in [4.78, 5) is 12.3. The van der Waals surface area contributed by atoms with Gasteiger partial charge in [-0.05, 0) is 52.5 Å². The molecule has 2 atom stereocenters. The van der Waals surface area contributed by atoms with Crippen molar-refractivity contribution in [3.8, 4) is 5.75 Å². The van der Waals surface area contributed by atoms with E-state index in [0.717, 1.165) is 21.3 Å². The molecule has 0 saturated heterocycles. The summed E-state index contributed by atoms with van der Waals surface area (Å²) in [6, 6.07) is 14.8. The van der Waals surface area contributed by atoms with Crippen molar-refractivity contribution in [3.63, 3.8) is 0 Å². The van der Waals surface area contributed by atoms with E-state index in [9.17, 15) is 4.79 Å². The molecule has 0 aliphatic rings. The molecule has 122 valence electrons. The zero-order valence-corrected chi connectivity index (χ0v) is 14.8. The molecule has 0 saturated carbocycles. The molecule has 0 radical (unpaired) electrons. The zero-order valence-electron chi connectivity index (χ0n) is 13.3. The van der Waals surface area contributed by atoms with E-state index in [1.54, 1.807) is 7.11 Å². The number of carbonyl (C=O) groups is 1. The van der Waals surface area contributed by atoms with Crippen LogP contribution in [0.4, 0.5) is 0 Å². The number of hydrogen-bond acceptors (Lipinski definition) is 3. The molecule has 0 aromatic heterocycles. The van der Waals surface area contributed by atoms with Gasteiger partial charge >= 0.3 is 0 Å². The van der Waals surface area contributed by atoms with Gasteiger partial charge in [-0.3, -0.25) is 4.79 Å². The summed E-state index contributed by atoms with van der Waals surface area (Å²) in [6.45, 7) is 1.93. The minimum absolute atomic E-state index is 0.133. The molecule has 0 aliphatic carbocycles. The minimum atomic E-state index is -0.568. The van der Waals surface area contributed by atoms with Gasteiger partial charge in [0.1, 0.15) is 5.75 Å². The van der Waals surface area contributed by atoms with Gasteiger partial charge in [0.25, 0.3) is 0 Å². The summed E-state index contributed by atoms with van der Waals surface area (Å²) in [7, 11) is 1.62. The number of hydrogen-bond donors (Lipinski definition) is 2. The number of nitrogens with two attached hydrogens (primary N) is 1. The fourth-order valence-electron chi connectivity index (χ4n) is 2.32. The lowest BCUT2D eigenvalue weighted by Crippen LogP contribution is -2.42. The Balaban J connectivity index is 1.97. The lowest BCUT2D eigenvalue weighted by Gasteiger charge is -2.18. The maximum atomic E-state index is 12.3. The van der Waals surface area contributed by atoms with E-state index >= 15 is 0 Å². The van der Waals surface area contributed by atoms with Crippen LogP contribution in [-0.2, 0) is 11.2 Å². The molecule has 0 aliphatic heterocycles. The number of ether oxygens (including phenoxy) is 1. The molecule has 5 heteroatoms. The van der Waals surface area contributed by atoms with Gasteiger partial charge in [-0.1, -0.05) is 36.4 Å². The van der Waals surface area contributed by atoms with Crippen molar-refractivity contribution in [3.05, 3.63) is 64.1 Å². The first-order chi connectivity index (χ1) is 11.0. The highest BCUT2D eigenvalue weighted by Crippen LogP contribution is 2.27. The molecule has 2 rings (SSSR count). The van der Waals surface area contributed by atoms with E-state index in [-0.39, 0.29) is 11.9 Å². The zero-order chi connectivity index (χ0) is 16.8. The van der Waals surface area contributed by atoms with E-state index in [2.05, 4.69) is 21.2 Å². The quantitative estimate of drug-likeness (QED) is 0.813. The highest BCUT2D eigenvalue weighted by Gasteiger charge is 2.17. The van der Waals surface area contributed by atoms with E-state index in [0.29, 0.717) is 6.42 Å². The Morgan fingerprint density at radius 2 is 1.96 bits per heavy atom. The van der Waals surface area contributed by atoms with Crippen molar-refractivity contribution in [2.45, 2.75) is 25.4 Å². The molecule has 2 aromatic rings. The molecule has 3 N–H and O–H groups in total. The molecule has 0 fully saturated rings. The standard InChI is InChI=1S/C18H21BrN2O2/c1-12(14-8-9-17(23-2)15(19)11-14)21-18(22)16(20)10-13-6-4-3-5-7-13/h3-9,11-12,16H,10,20H2,1-2H3,(H,21,22)/t12?,16-/m0/s1. The maximum Gasteiger partial charge on any atom is 0.237 e. The Kier molecular flexibility index (Phi) is 6.19. The smallest absolute Gasteiger partial charge is 0.237 e. The Morgan fingerprint density at radius 1 is 1.26 bits per heavy atom. The molecule has 23 heavy (non-hydrogen) atoms. The number of benzene rings is 2. The number of rotatable bonds is 6. The van der Waals surface area contributed by atoms with Gasteiger partial charge in [0, 0.05) is 0 Å². The summed E-state index contributed by atoms with van der Waals surface area (Å²) in [5, 5.41) is 2.96. The van der Waals surface area contributed by atoms with E-state index in [4.69, 9.17) is 10.5 Å².